The molecule has 1 saturated heterocycles. The van der Waals surface area contributed by atoms with Gasteiger partial charge >= 0.3 is 0 Å². The summed E-state index contributed by atoms with van der Waals surface area (Å²) in [7, 11) is 0. The van der Waals surface area contributed by atoms with E-state index >= 15 is 0 Å². The van der Waals surface area contributed by atoms with E-state index in [0.717, 1.165) is 28.7 Å². The summed E-state index contributed by atoms with van der Waals surface area (Å²) in [5, 5.41) is 0.742. The smallest absolute Gasteiger partial charge is 0.298 e. The van der Waals surface area contributed by atoms with Gasteiger partial charge in [0, 0.05) is 47.7 Å². The molecule has 0 unspecified atom stereocenters. The summed E-state index contributed by atoms with van der Waals surface area (Å²) in [4.78, 5) is 18.5. The number of anilines is 1. The SMILES string of the molecule is Cc1ccc(C#CC(=O)N2CCN(c3cc(Cl)ccc3C)CC2)s1. The van der Waals surface area contributed by atoms with Crippen LogP contribution in [0.1, 0.15) is 15.3 Å². The van der Waals surface area contributed by atoms with Crippen molar-refractivity contribution < 1.29 is 4.79 Å². The first kappa shape index (κ1) is 16.9. The highest BCUT2D eigenvalue weighted by molar-refractivity contribution is 7.12. The Bertz CT molecular complexity index is 810. The van der Waals surface area contributed by atoms with E-state index in [9.17, 15) is 4.79 Å². The molecule has 0 radical (unpaired) electrons. The molecule has 0 saturated carbocycles. The molecule has 0 bridgehead atoms. The van der Waals surface area contributed by atoms with Gasteiger partial charge in [-0.05, 0) is 49.6 Å². The number of rotatable bonds is 1. The predicted molar refractivity (Wildman–Crippen MR) is 101 cm³/mol. The van der Waals surface area contributed by atoms with Crippen molar-refractivity contribution in [3.8, 4) is 11.8 Å². The number of aryl methyl sites for hydroxylation is 2. The zero-order valence-electron chi connectivity index (χ0n) is 13.8. The van der Waals surface area contributed by atoms with Crippen molar-refractivity contribution in [2.24, 2.45) is 0 Å². The van der Waals surface area contributed by atoms with E-state index in [4.69, 9.17) is 11.6 Å². The summed E-state index contributed by atoms with van der Waals surface area (Å²) < 4.78 is 0. The molecular formula is C19H19ClN2OS. The molecule has 1 aliphatic rings. The van der Waals surface area contributed by atoms with Crippen LogP contribution in [0, 0.1) is 25.7 Å². The minimum absolute atomic E-state index is 0.0940. The highest BCUT2D eigenvalue weighted by atomic mass is 35.5. The van der Waals surface area contributed by atoms with Crippen LogP contribution in [0.15, 0.2) is 30.3 Å². The zero-order chi connectivity index (χ0) is 17.1. The number of thiophene rings is 1. The molecule has 1 amide bonds. The monoisotopic (exact) mass is 358 g/mol. The molecule has 0 aliphatic carbocycles. The lowest BCUT2D eigenvalue weighted by Gasteiger charge is -2.36. The van der Waals surface area contributed by atoms with E-state index in [2.05, 4.69) is 23.7 Å². The molecule has 3 nitrogen and oxygen atoms in total. The van der Waals surface area contributed by atoms with Crippen LogP contribution in [-0.2, 0) is 4.79 Å². The molecule has 0 atom stereocenters. The standard InChI is InChI=1S/C19H19ClN2OS/c1-14-3-5-16(20)13-18(14)21-9-11-22(12-10-21)19(23)8-7-17-6-4-15(2)24-17/h3-6,13H,9-12H2,1-2H3. The lowest BCUT2D eigenvalue weighted by molar-refractivity contribution is -0.125. The van der Waals surface area contributed by atoms with Gasteiger partial charge in [0.2, 0.25) is 0 Å². The average Bonchev–Trinajstić information content (AvgIpc) is 3.00. The number of nitrogens with zero attached hydrogens (tertiary/aromatic N) is 2. The van der Waals surface area contributed by atoms with E-state index in [0.29, 0.717) is 13.1 Å². The maximum Gasteiger partial charge on any atom is 0.298 e. The van der Waals surface area contributed by atoms with Gasteiger partial charge in [0.15, 0.2) is 0 Å². The fraction of sp³-hybridized carbons (Fsp3) is 0.316. The minimum atomic E-state index is -0.0940. The van der Waals surface area contributed by atoms with Crippen LogP contribution < -0.4 is 4.90 Å². The Morgan fingerprint density at radius 3 is 2.54 bits per heavy atom. The summed E-state index contributed by atoms with van der Waals surface area (Å²) in [5.41, 5.74) is 2.35. The Morgan fingerprint density at radius 1 is 1.12 bits per heavy atom. The second-order valence-corrected chi connectivity index (χ2v) is 7.59. The predicted octanol–water partition coefficient (Wildman–Crippen LogP) is 3.72. The van der Waals surface area contributed by atoms with Gasteiger partial charge in [-0.1, -0.05) is 17.7 Å². The summed E-state index contributed by atoms with van der Waals surface area (Å²) in [6.45, 7) is 7.08. The first-order valence-electron chi connectivity index (χ1n) is 7.91. The number of carbonyl (C=O) groups is 1. The molecule has 1 fully saturated rings. The fourth-order valence-electron chi connectivity index (χ4n) is 2.77. The number of hydrogen-bond acceptors (Lipinski definition) is 3. The van der Waals surface area contributed by atoms with E-state index in [1.165, 1.54) is 10.4 Å². The van der Waals surface area contributed by atoms with Crippen molar-refractivity contribution in [3.05, 3.63) is 50.7 Å². The van der Waals surface area contributed by atoms with Crippen LogP contribution in [0.4, 0.5) is 5.69 Å². The Kier molecular flexibility index (Phi) is 5.13. The Hall–Kier alpha value is -1.96. The minimum Gasteiger partial charge on any atom is -0.368 e. The largest absolute Gasteiger partial charge is 0.368 e. The second-order valence-electron chi connectivity index (χ2n) is 5.87. The molecule has 5 heteroatoms. The molecule has 24 heavy (non-hydrogen) atoms. The van der Waals surface area contributed by atoms with Crippen LogP contribution in [0.3, 0.4) is 0 Å². The number of benzene rings is 1. The highest BCUT2D eigenvalue weighted by Crippen LogP contribution is 2.25. The van der Waals surface area contributed by atoms with Crippen molar-refractivity contribution in [2.75, 3.05) is 31.1 Å². The molecule has 3 rings (SSSR count). The maximum atomic E-state index is 12.3. The molecule has 1 aliphatic heterocycles. The van der Waals surface area contributed by atoms with Crippen LogP contribution in [0.5, 0.6) is 0 Å². The van der Waals surface area contributed by atoms with Crippen LogP contribution >= 0.6 is 22.9 Å². The quantitative estimate of drug-likeness (QED) is 0.725. The average molecular weight is 359 g/mol. The number of halogens is 1. The van der Waals surface area contributed by atoms with Gasteiger partial charge in [-0.15, -0.1) is 11.3 Å². The van der Waals surface area contributed by atoms with Gasteiger partial charge in [0.05, 0.1) is 4.88 Å². The van der Waals surface area contributed by atoms with Gasteiger partial charge in [-0.2, -0.15) is 0 Å². The van der Waals surface area contributed by atoms with Crippen LogP contribution in [0.2, 0.25) is 5.02 Å². The second kappa shape index (κ2) is 7.29. The van der Waals surface area contributed by atoms with Crippen molar-refractivity contribution in [1.82, 2.24) is 4.90 Å². The van der Waals surface area contributed by atoms with Crippen LogP contribution in [0.25, 0.3) is 0 Å². The van der Waals surface area contributed by atoms with Crippen molar-refractivity contribution in [2.45, 2.75) is 13.8 Å². The number of amides is 1. The van der Waals surface area contributed by atoms with Gasteiger partial charge in [-0.25, -0.2) is 0 Å². The first-order valence-corrected chi connectivity index (χ1v) is 9.11. The Morgan fingerprint density at radius 2 is 1.88 bits per heavy atom. The van der Waals surface area contributed by atoms with Gasteiger partial charge < -0.3 is 9.80 Å². The molecule has 0 N–H and O–H groups in total. The van der Waals surface area contributed by atoms with E-state index in [-0.39, 0.29) is 5.91 Å². The third-order valence-electron chi connectivity index (χ3n) is 4.11. The third-order valence-corrected chi connectivity index (χ3v) is 5.26. The third kappa shape index (κ3) is 3.92. The summed E-state index contributed by atoms with van der Waals surface area (Å²) in [6, 6.07) is 9.91. The normalized spacial score (nSPS) is 14.3. The summed E-state index contributed by atoms with van der Waals surface area (Å²) in [6.07, 6.45) is 0. The maximum absolute atomic E-state index is 12.3. The van der Waals surface area contributed by atoms with Gasteiger partial charge in [0.1, 0.15) is 0 Å². The molecule has 124 valence electrons. The van der Waals surface area contributed by atoms with Crippen molar-refractivity contribution in [1.29, 1.82) is 0 Å². The first-order chi connectivity index (χ1) is 11.5. The van der Waals surface area contributed by atoms with Crippen molar-refractivity contribution >= 4 is 34.5 Å². The summed E-state index contributed by atoms with van der Waals surface area (Å²) >= 11 is 7.72. The number of piperazine rings is 1. The molecule has 2 aromatic rings. The Balaban J connectivity index is 1.61. The molecule has 1 aromatic heterocycles. The topological polar surface area (TPSA) is 23.6 Å². The van der Waals surface area contributed by atoms with E-state index in [1.54, 1.807) is 11.3 Å². The van der Waals surface area contributed by atoms with Gasteiger partial charge in [-0.3, -0.25) is 4.79 Å². The Labute approximate surface area is 151 Å². The lowest BCUT2D eigenvalue weighted by atomic mass is 10.1. The lowest BCUT2D eigenvalue weighted by Crippen LogP contribution is -2.48. The molecule has 2 heterocycles. The van der Waals surface area contributed by atoms with E-state index < -0.39 is 0 Å². The van der Waals surface area contributed by atoms with Gasteiger partial charge in [0.25, 0.3) is 5.91 Å². The molecule has 0 spiro atoms. The molecule has 1 aromatic carbocycles. The van der Waals surface area contributed by atoms with Crippen LogP contribution in [-0.4, -0.2) is 37.0 Å². The fourth-order valence-corrected chi connectivity index (χ4v) is 3.66. The van der Waals surface area contributed by atoms with Crippen molar-refractivity contribution in [3.63, 3.8) is 0 Å². The number of carbonyl (C=O) groups excluding carboxylic acids is 1. The summed E-state index contributed by atoms with van der Waals surface area (Å²) in [5.74, 6) is 5.64. The number of hydrogen-bond donors (Lipinski definition) is 0. The van der Waals surface area contributed by atoms with E-state index in [1.807, 2.05) is 42.2 Å². The molecular weight excluding hydrogens is 340 g/mol. The highest BCUT2D eigenvalue weighted by Gasteiger charge is 2.21. The zero-order valence-corrected chi connectivity index (χ0v) is 15.4.